The van der Waals surface area contributed by atoms with Gasteiger partial charge in [-0.2, -0.15) is 0 Å². The van der Waals surface area contributed by atoms with Gasteiger partial charge in [-0.05, 0) is 41.5 Å². The fourth-order valence-electron chi connectivity index (χ4n) is 6.05. The van der Waals surface area contributed by atoms with E-state index in [4.69, 9.17) is 4.74 Å². The molecular weight excluding hydrogens is 709 g/mol. The van der Waals surface area contributed by atoms with Crippen molar-refractivity contribution >= 4 is 46.1 Å². The van der Waals surface area contributed by atoms with Crippen LogP contribution >= 0.6 is 11.3 Å². The minimum absolute atomic E-state index is 0.00999. The van der Waals surface area contributed by atoms with Gasteiger partial charge in [0, 0.05) is 29.8 Å². The number of hydrogen-bond acceptors (Lipinski definition) is 10. The molecule has 0 aliphatic carbocycles. The first-order valence-electron chi connectivity index (χ1n) is 18.3. The van der Waals surface area contributed by atoms with Gasteiger partial charge in [-0.25, -0.2) is 9.78 Å². The Hall–Kier alpha value is -4.92. The van der Waals surface area contributed by atoms with Crippen LogP contribution in [-0.4, -0.2) is 80.9 Å². The number of ether oxygens (including phenoxy) is 1. The van der Waals surface area contributed by atoms with E-state index >= 15 is 0 Å². The molecule has 4 rings (SSSR count). The van der Waals surface area contributed by atoms with Gasteiger partial charge in [-0.1, -0.05) is 82.6 Å². The van der Waals surface area contributed by atoms with Crippen LogP contribution in [0.3, 0.4) is 0 Å². The van der Waals surface area contributed by atoms with Crippen LogP contribution in [0, 0.1) is 11.8 Å². The number of pyridine rings is 1. The minimum atomic E-state index is -1.25. The standard InChI is InChI=1S/C40H52N6O7S/c1-5-26(4)35(21-47)43-37(49)20-36(48)32(17-25(2)3)44-39(51)34(19-29-23-54-24-42-29)45-38(50)33(46-40(52)53-22-27-11-7-6-8-12-27)18-28-15-16-41-31-14-10-9-13-30(28)31/h6-16,23-26,32-36,47-48H,5,17-22H2,1-4H3,(H,43,49)(H,44,51)(H,45,50)(H,46,52)/t26?,32?,33-,34-,35+,36?/m0/s1. The number of hydrogen-bond donors (Lipinski definition) is 6. The Bertz CT molecular complexity index is 1790. The Morgan fingerprint density at radius 1 is 0.833 bits per heavy atom. The number of amides is 4. The zero-order chi connectivity index (χ0) is 39.0. The number of benzene rings is 2. The van der Waals surface area contributed by atoms with Crippen molar-refractivity contribution in [3.63, 3.8) is 0 Å². The number of carbonyl (C=O) groups excluding carboxylic acids is 4. The number of para-hydroxylation sites is 1. The molecule has 14 heteroatoms. The number of fused-ring (bicyclic) bond motifs is 1. The molecule has 0 saturated heterocycles. The van der Waals surface area contributed by atoms with Gasteiger partial charge in [0.2, 0.25) is 17.7 Å². The highest BCUT2D eigenvalue weighted by atomic mass is 32.1. The smallest absolute Gasteiger partial charge is 0.408 e. The van der Waals surface area contributed by atoms with Gasteiger partial charge in [0.25, 0.3) is 0 Å². The number of nitrogens with zero attached hydrogens (tertiary/aromatic N) is 2. The average Bonchev–Trinajstić information content (AvgIpc) is 3.68. The lowest BCUT2D eigenvalue weighted by molar-refractivity contribution is -0.131. The number of thiazole rings is 1. The summed E-state index contributed by atoms with van der Waals surface area (Å²) in [7, 11) is 0. The van der Waals surface area contributed by atoms with Crippen molar-refractivity contribution < 1.29 is 34.1 Å². The molecular formula is C40H52N6O7S. The lowest BCUT2D eigenvalue weighted by Gasteiger charge is -2.29. The summed E-state index contributed by atoms with van der Waals surface area (Å²) < 4.78 is 5.46. The highest BCUT2D eigenvalue weighted by Crippen LogP contribution is 2.19. The molecule has 4 aromatic rings. The van der Waals surface area contributed by atoms with Gasteiger partial charge in [0.05, 0.1) is 47.9 Å². The van der Waals surface area contributed by atoms with E-state index in [9.17, 15) is 29.4 Å². The summed E-state index contributed by atoms with van der Waals surface area (Å²) in [5.74, 6) is -1.61. The molecule has 0 radical (unpaired) electrons. The molecule has 13 nitrogen and oxygen atoms in total. The summed E-state index contributed by atoms with van der Waals surface area (Å²) in [6.45, 7) is 7.49. The van der Waals surface area contributed by atoms with E-state index in [1.807, 2.05) is 82.3 Å². The highest BCUT2D eigenvalue weighted by molar-refractivity contribution is 7.07. The molecule has 2 aromatic heterocycles. The van der Waals surface area contributed by atoms with E-state index in [0.29, 0.717) is 12.1 Å². The van der Waals surface area contributed by atoms with Gasteiger partial charge in [0.15, 0.2) is 0 Å². The lowest BCUT2D eigenvalue weighted by atomic mass is 9.95. The van der Waals surface area contributed by atoms with Crippen molar-refractivity contribution in [1.82, 2.24) is 31.2 Å². The first kappa shape index (κ1) is 41.8. The second-order valence-electron chi connectivity index (χ2n) is 14.0. The quantitative estimate of drug-likeness (QED) is 0.0771. The SMILES string of the molecule is CCC(C)[C@@H](CO)NC(=O)CC(O)C(CC(C)C)NC(=O)[C@H](Cc1cscn1)NC(=O)[C@H](Cc1ccnc2ccccc12)NC(=O)OCc1ccccc1. The topological polar surface area (TPSA) is 192 Å². The minimum Gasteiger partial charge on any atom is -0.445 e. The number of alkyl carbamates (subject to hydrolysis) is 1. The summed E-state index contributed by atoms with van der Waals surface area (Å²) in [6, 6.07) is 14.8. The molecule has 4 amide bonds. The largest absolute Gasteiger partial charge is 0.445 e. The Balaban J connectivity index is 1.55. The molecule has 0 spiro atoms. The van der Waals surface area contributed by atoms with Crippen LogP contribution in [0.25, 0.3) is 10.9 Å². The third-order valence-corrected chi connectivity index (χ3v) is 9.94. The fraction of sp³-hybridized carbons (Fsp3) is 0.450. The number of aromatic nitrogens is 2. The van der Waals surface area contributed by atoms with E-state index in [-0.39, 0.29) is 44.3 Å². The van der Waals surface area contributed by atoms with Gasteiger partial charge < -0.3 is 36.2 Å². The number of aliphatic hydroxyl groups excluding tert-OH is 2. The van der Waals surface area contributed by atoms with E-state index in [0.717, 1.165) is 28.5 Å². The maximum Gasteiger partial charge on any atom is 0.408 e. The van der Waals surface area contributed by atoms with E-state index in [2.05, 4.69) is 31.2 Å². The van der Waals surface area contributed by atoms with Crippen LogP contribution in [0.5, 0.6) is 0 Å². The third kappa shape index (κ3) is 12.9. The monoisotopic (exact) mass is 760 g/mol. The van der Waals surface area contributed by atoms with Crippen molar-refractivity contribution in [1.29, 1.82) is 0 Å². The molecule has 2 aromatic carbocycles. The first-order chi connectivity index (χ1) is 26.0. The molecule has 0 aliphatic rings. The molecule has 54 heavy (non-hydrogen) atoms. The van der Waals surface area contributed by atoms with Crippen molar-refractivity contribution in [2.24, 2.45) is 11.8 Å². The Morgan fingerprint density at radius 3 is 2.22 bits per heavy atom. The van der Waals surface area contributed by atoms with Crippen LogP contribution in [0.2, 0.25) is 0 Å². The molecule has 0 fully saturated rings. The van der Waals surface area contributed by atoms with Crippen LogP contribution in [0.1, 0.15) is 63.8 Å². The van der Waals surface area contributed by atoms with E-state index in [1.165, 1.54) is 11.3 Å². The summed E-state index contributed by atoms with van der Waals surface area (Å²) in [6.07, 6.45) is 0.455. The Kier molecular flexibility index (Phi) is 16.3. The van der Waals surface area contributed by atoms with E-state index in [1.54, 1.807) is 23.2 Å². The molecule has 6 N–H and O–H groups in total. The summed E-state index contributed by atoms with van der Waals surface area (Å²) >= 11 is 1.34. The molecule has 290 valence electrons. The van der Waals surface area contributed by atoms with Gasteiger partial charge in [-0.3, -0.25) is 19.4 Å². The zero-order valence-corrected chi connectivity index (χ0v) is 32.1. The first-order valence-corrected chi connectivity index (χ1v) is 19.3. The summed E-state index contributed by atoms with van der Waals surface area (Å²) in [5.41, 5.74) is 4.42. The number of rotatable bonds is 20. The average molecular weight is 761 g/mol. The molecule has 2 heterocycles. The summed E-state index contributed by atoms with van der Waals surface area (Å²) in [4.78, 5) is 63.0. The molecule has 0 saturated carbocycles. The van der Waals surface area contributed by atoms with Crippen LogP contribution < -0.4 is 21.3 Å². The van der Waals surface area contributed by atoms with Gasteiger partial charge in [0.1, 0.15) is 18.7 Å². The van der Waals surface area contributed by atoms with Crippen LogP contribution in [-0.2, 0) is 38.6 Å². The second-order valence-corrected chi connectivity index (χ2v) is 14.7. The maximum atomic E-state index is 14.2. The lowest BCUT2D eigenvalue weighted by Crippen LogP contribution is -2.57. The van der Waals surface area contributed by atoms with Gasteiger partial charge >= 0.3 is 6.09 Å². The van der Waals surface area contributed by atoms with Crippen LogP contribution in [0.15, 0.2) is 77.8 Å². The normalized spacial score (nSPS) is 14.6. The van der Waals surface area contributed by atoms with Gasteiger partial charge in [-0.15, -0.1) is 11.3 Å². The number of aliphatic hydroxyl groups is 2. The zero-order valence-electron chi connectivity index (χ0n) is 31.2. The Morgan fingerprint density at radius 2 is 1.54 bits per heavy atom. The Labute approximate surface area is 320 Å². The number of nitrogens with one attached hydrogen (secondary N) is 4. The highest BCUT2D eigenvalue weighted by Gasteiger charge is 2.32. The van der Waals surface area contributed by atoms with Crippen LogP contribution in [0.4, 0.5) is 4.79 Å². The molecule has 6 atom stereocenters. The molecule has 0 aliphatic heterocycles. The van der Waals surface area contributed by atoms with Crippen molar-refractivity contribution in [3.05, 3.63) is 94.6 Å². The molecule has 3 unspecified atom stereocenters. The second kappa shape index (κ2) is 21.1. The fourth-order valence-corrected chi connectivity index (χ4v) is 6.62. The van der Waals surface area contributed by atoms with Crippen molar-refractivity contribution in [3.8, 4) is 0 Å². The van der Waals surface area contributed by atoms with E-state index < -0.39 is 54.1 Å². The predicted molar refractivity (Wildman–Crippen MR) is 207 cm³/mol. The predicted octanol–water partition coefficient (Wildman–Crippen LogP) is 4.06. The third-order valence-electron chi connectivity index (χ3n) is 9.30. The molecule has 0 bridgehead atoms. The maximum absolute atomic E-state index is 14.2. The number of carbonyl (C=O) groups is 4. The summed E-state index contributed by atoms with van der Waals surface area (Å²) in [5, 5.41) is 34.8. The van der Waals surface area contributed by atoms with Crippen molar-refractivity contribution in [2.45, 2.75) is 96.7 Å². The van der Waals surface area contributed by atoms with Crippen molar-refractivity contribution in [2.75, 3.05) is 6.61 Å².